The van der Waals surface area contributed by atoms with E-state index < -0.39 is 29.4 Å². The number of alkyl halides is 5. The molecule has 2 aliphatic carbocycles. The predicted octanol–water partition coefficient (Wildman–Crippen LogP) is 8.12. The standard InChI is InChI=1S/C26H35F5O3/c1-2-3-4-5-18-6-8-19(9-7-18)20-14-16-24(17-15-20,23(32)33)21-10-12-22(13-11-21)34-26(30,31)25(27,28)29/h10-13,18-20H,2-9,14-17H2,1H3,(H,32,33). The van der Waals surface area contributed by atoms with Gasteiger partial charge in [0, 0.05) is 0 Å². The first-order chi connectivity index (χ1) is 16.0. The minimum Gasteiger partial charge on any atom is -0.481 e. The van der Waals surface area contributed by atoms with Gasteiger partial charge in [0.25, 0.3) is 0 Å². The maximum Gasteiger partial charge on any atom is 0.499 e. The predicted molar refractivity (Wildman–Crippen MR) is 119 cm³/mol. The van der Waals surface area contributed by atoms with Crippen LogP contribution in [0.1, 0.15) is 89.5 Å². The molecular weight excluding hydrogens is 455 g/mol. The summed E-state index contributed by atoms with van der Waals surface area (Å²) >= 11 is 0. The number of hydrogen-bond acceptors (Lipinski definition) is 2. The van der Waals surface area contributed by atoms with Gasteiger partial charge in [-0.15, -0.1) is 0 Å². The van der Waals surface area contributed by atoms with Crippen molar-refractivity contribution < 1.29 is 36.6 Å². The molecule has 2 saturated carbocycles. The highest BCUT2D eigenvalue weighted by Crippen LogP contribution is 2.48. The number of benzene rings is 1. The van der Waals surface area contributed by atoms with E-state index >= 15 is 0 Å². The lowest BCUT2D eigenvalue weighted by atomic mass is 9.62. The second kappa shape index (κ2) is 10.8. The lowest BCUT2D eigenvalue weighted by molar-refractivity contribution is -0.360. The molecule has 34 heavy (non-hydrogen) atoms. The van der Waals surface area contributed by atoms with Gasteiger partial charge in [-0.3, -0.25) is 4.79 Å². The minimum absolute atomic E-state index is 0.417. The first kappa shape index (κ1) is 26.7. The van der Waals surface area contributed by atoms with Gasteiger partial charge in [-0.2, -0.15) is 22.0 Å². The van der Waals surface area contributed by atoms with Crippen LogP contribution >= 0.6 is 0 Å². The lowest BCUT2D eigenvalue weighted by Gasteiger charge is -2.42. The van der Waals surface area contributed by atoms with Crippen LogP contribution < -0.4 is 4.74 Å². The minimum atomic E-state index is -5.83. The van der Waals surface area contributed by atoms with Gasteiger partial charge in [-0.25, -0.2) is 0 Å². The number of carboxylic acids is 1. The van der Waals surface area contributed by atoms with Crippen molar-refractivity contribution >= 4 is 5.97 Å². The Bertz CT molecular complexity index is 790. The largest absolute Gasteiger partial charge is 0.499 e. The van der Waals surface area contributed by atoms with Crippen LogP contribution in [0.2, 0.25) is 0 Å². The normalized spacial score (nSPS) is 28.5. The molecule has 192 valence electrons. The number of halogens is 5. The van der Waals surface area contributed by atoms with Crippen molar-refractivity contribution in [3.63, 3.8) is 0 Å². The summed E-state index contributed by atoms with van der Waals surface area (Å²) in [5.41, 5.74) is -0.736. The fourth-order valence-electron chi connectivity index (χ4n) is 5.91. The van der Waals surface area contributed by atoms with Gasteiger partial charge < -0.3 is 9.84 Å². The van der Waals surface area contributed by atoms with Crippen molar-refractivity contribution in [2.75, 3.05) is 0 Å². The van der Waals surface area contributed by atoms with Gasteiger partial charge >= 0.3 is 18.3 Å². The molecule has 1 N–H and O–H groups in total. The van der Waals surface area contributed by atoms with Gasteiger partial charge in [-0.1, -0.05) is 57.6 Å². The van der Waals surface area contributed by atoms with E-state index in [1.807, 2.05) is 0 Å². The zero-order valence-corrected chi connectivity index (χ0v) is 19.7. The van der Waals surface area contributed by atoms with Crippen LogP contribution in [-0.2, 0) is 10.2 Å². The molecule has 0 spiro atoms. The molecule has 0 radical (unpaired) electrons. The van der Waals surface area contributed by atoms with E-state index in [9.17, 15) is 31.9 Å². The molecule has 0 unspecified atom stereocenters. The van der Waals surface area contributed by atoms with Crippen LogP contribution in [0, 0.1) is 17.8 Å². The van der Waals surface area contributed by atoms with Gasteiger partial charge in [-0.05, 0) is 74.0 Å². The Kier molecular flexibility index (Phi) is 8.51. The van der Waals surface area contributed by atoms with E-state index in [0.717, 1.165) is 30.9 Å². The summed E-state index contributed by atoms with van der Waals surface area (Å²) in [5.74, 6) is 0.276. The average molecular weight is 491 g/mol. The molecular formula is C26H35F5O3. The van der Waals surface area contributed by atoms with Crippen LogP contribution in [0.15, 0.2) is 24.3 Å². The van der Waals surface area contributed by atoms with Gasteiger partial charge in [0.1, 0.15) is 5.75 Å². The molecule has 3 nitrogen and oxygen atoms in total. The molecule has 8 heteroatoms. The summed E-state index contributed by atoms with van der Waals surface area (Å²) in [4.78, 5) is 12.3. The highest BCUT2D eigenvalue weighted by Gasteiger charge is 2.61. The molecule has 1 aromatic carbocycles. The van der Waals surface area contributed by atoms with Crippen LogP contribution in [0.3, 0.4) is 0 Å². The third-order valence-electron chi connectivity index (χ3n) is 8.05. The molecule has 0 atom stereocenters. The van der Waals surface area contributed by atoms with Crippen molar-refractivity contribution in [2.24, 2.45) is 17.8 Å². The number of ether oxygens (including phenoxy) is 1. The monoisotopic (exact) mass is 490 g/mol. The molecule has 0 aromatic heterocycles. The molecule has 0 heterocycles. The maximum absolute atomic E-state index is 13.2. The number of hydrogen-bond donors (Lipinski definition) is 1. The van der Waals surface area contributed by atoms with Crippen LogP contribution in [0.25, 0.3) is 0 Å². The SMILES string of the molecule is CCCCCC1CCC(C2CCC(C(=O)O)(c3ccc(OC(F)(F)C(F)(F)F)cc3)CC2)CC1. The first-order valence-electron chi connectivity index (χ1n) is 12.5. The summed E-state index contributed by atoms with van der Waals surface area (Å²) in [6.45, 7) is 2.21. The zero-order chi connectivity index (χ0) is 25.0. The Labute approximate surface area is 198 Å². The number of aliphatic carboxylic acids is 1. The van der Waals surface area contributed by atoms with Gasteiger partial charge in [0.15, 0.2) is 0 Å². The second-order valence-electron chi connectivity index (χ2n) is 10.1. The second-order valence-corrected chi connectivity index (χ2v) is 10.1. The van der Waals surface area contributed by atoms with Crippen molar-refractivity contribution in [3.05, 3.63) is 29.8 Å². The quantitative estimate of drug-likeness (QED) is 0.281. The van der Waals surface area contributed by atoms with E-state index in [1.165, 1.54) is 63.5 Å². The number of unbranched alkanes of at least 4 members (excludes halogenated alkanes) is 2. The Hall–Kier alpha value is -1.86. The van der Waals surface area contributed by atoms with Crippen LogP contribution in [0.4, 0.5) is 22.0 Å². The number of carboxylic acid groups (broad SMARTS) is 1. The van der Waals surface area contributed by atoms with Crippen LogP contribution in [0.5, 0.6) is 5.75 Å². The van der Waals surface area contributed by atoms with E-state index in [-0.39, 0.29) is 0 Å². The van der Waals surface area contributed by atoms with Gasteiger partial charge in [0.2, 0.25) is 0 Å². The molecule has 0 aliphatic heterocycles. The summed E-state index contributed by atoms with van der Waals surface area (Å²) in [7, 11) is 0. The lowest BCUT2D eigenvalue weighted by Crippen LogP contribution is -2.42. The van der Waals surface area contributed by atoms with E-state index in [4.69, 9.17) is 0 Å². The molecule has 3 rings (SSSR count). The molecule has 0 bridgehead atoms. The van der Waals surface area contributed by atoms with Crippen molar-refractivity contribution in [3.8, 4) is 5.75 Å². The summed E-state index contributed by atoms with van der Waals surface area (Å²) in [6.07, 6.45) is 1.30. The van der Waals surface area contributed by atoms with E-state index in [2.05, 4.69) is 11.7 Å². The molecule has 0 amide bonds. The molecule has 2 fully saturated rings. The highest BCUT2D eigenvalue weighted by atomic mass is 19.4. The molecule has 1 aromatic rings. The fraction of sp³-hybridized carbons (Fsp3) is 0.731. The molecule has 2 aliphatic rings. The summed E-state index contributed by atoms with van der Waals surface area (Å²) in [6, 6.07) is 4.59. The number of carbonyl (C=O) groups is 1. The van der Waals surface area contributed by atoms with Crippen molar-refractivity contribution in [1.29, 1.82) is 0 Å². The fourth-order valence-corrected chi connectivity index (χ4v) is 5.91. The van der Waals surface area contributed by atoms with Crippen molar-refractivity contribution in [2.45, 2.75) is 102 Å². The highest BCUT2D eigenvalue weighted by molar-refractivity contribution is 5.81. The first-order valence-corrected chi connectivity index (χ1v) is 12.5. The summed E-state index contributed by atoms with van der Waals surface area (Å²) in [5, 5.41) is 10.0. The smallest absolute Gasteiger partial charge is 0.481 e. The maximum atomic E-state index is 13.2. The van der Waals surface area contributed by atoms with Crippen molar-refractivity contribution in [1.82, 2.24) is 0 Å². The van der Waals surface area contributed by atoms with Crippen LogP contribution in [-0.4, -0.2) is 23.4 Å². The Morgan fingerprint density at radius 2 is 1.50 bits per heavy atom. The zero-order valence-electron chi connectivity index (χ0n) is 19.7. The third-order valence-corrected chi connectivity index (χ3v) is 8.05. The third kappa shape index (κ3) is 6.03. The average Bonchev–Trinajstić information content (AvgIpc) is 2.79. The summed E-state index contributed by atoms with van der Waals surface area (Å²) < 4.78 is 67.3. The number of rotatable bonds is 9. The Morgan fingerprint density at radius 1 is 0.941 bits per heavy atom. The Morgan fingerprint density at radius 3 is 2.00 bits per heavy atom. The van der Waals surface area contributed by atoms with E-state index in [1.54, 1.807) is 0 Å². The molecule has 0 saturated heterocycles. The topological polar surface area (TPSA) is 46.5 Å². The van der Waals surface area contributed by atoms with E-state index in [0.29, 0.717) is 30.2 Å². The Balaban J connectivity index is 1.59. The van der Waals surface area contributed by atoms with Gasteiger partial charge in [0.05, 0.1) is 5.41 Å².